The minimum atomic E-state index is -0.983. The van der Waals surface area contributed by atoms with E-state index in [4.69, 9.17) is 9.84 Å². The Bertz CT molecular complexity index is 698. The molecule has 1 amide bonds. The Balaban J connectivity index is 1.66. The van der Waals surface area contributed by atoms with Crippen LogP contribution >= 0.6 is 11.3 Å². The second-order valence-corrected chi connectivity index (χ2v) is 6.38. The average Bonchev–Trinajstić information content (AvgIpc) is 3.10. The summed E-state index contributed by atoms with van der Waals surface area (Å²) in [4.78, 5) is 26.4. The Morgan fingerprint density at radius 3 is 2.91 bits per heavy atom. The number of amides is 1. The van der Waals surface area contributed by atoms with Crippen molar-refractivity contribution in [3.8, 4) is 0 Å². The fourth-order valence-corrected chi connectivity index (χ4v) is 3.39. The number of carboxylic acids is 1. The number of thiophene rings is 1. The molecule has 0 saturated carbocycles. The van der Waals surface area contributed by atoms with E-state index < -0.39 is 5.97 Å². The summed E-state index contributed by atoms with van der Waals surface area (Å²) in [5, 5.41) is 11.0. The number of aromatic carboxylic acids is 1. The predicted octanol–water partition coefficient (Wildman–Crippen LogP) is 2.59. The van der Waals surface area contributed by atoms with Crippen molar-refractivity contribution in [2.45, 2.75) is 12.5 Å². The van der Waals surface area contributed by atoms with Crippen LogP contribution in [0.3, 0.4) is 0 Å². The summed E-state index contributed by atoms with van der Waals surface area (Å²) in [5.74, 6) is -0.985. The van der Waals surface area contributed by atoms with E-state index in [-0.39, 0.29) is 24.0 Å². The molecule has 1 atom stereocenters. The monoisotopic (exact) mass is 331 g/mol. The third-order valence-corrected chi connectivity index (χ3v) is 4.77. The largest absolute Gasteiger partial charge is 0.478 e. The van der Waals surface area contributed by atoms with Gasteiger partial charge in [-0.15, -0.1) is 11.3 Å². The number of hydrogen-bond acceptors (Lipinski definition) is 4. The quantitative estimate of drug-likeness (QED) is 0.935. The van der Waals surface area contributed by atoms with Crippen molar-refractivity contribution in [2.75, 3.05) is 19.7 Å². The van der Waals surface area contributed by atoms with Crippen LogP contribution in [0.5, 0.6) is 0 Å². The van der Waals surface area contributed by atoms with Crippen molar-refractivity contribution in [3.63, 3.8) is 0 Å². The highest BCUT2D eigenvalue weighted by Gasteiger charge is 2.26. The van der Waals surface area contributed by atoms with E-state index in [1.807, 2.05) is 17.5 Å². The van der Waals surface area contributed by atoms with E-state index in [0.29, 0.717) is 25.3 Å². The molecule has 5 nitrogen and oxygen atoms in total. The van der Waals surface area contributed by atoms with Crippen LogP contribution < -0.4 is 0 Å². The van der Waals surface area contributed by atoms with Crippen LogP contribution in [-0.4, -0.2) is 41.6 Å². The van der Waals surface area contributed by atoms with E-state index in [2.05, 4.69) is 0 Å². The standard InChI is InChI=1S/C17H17NO4S/c19-16(10-12-3-1-4-13(9-12)17(20)21)18-6-7-22-14(11-18)15-5-2-8-23-15/h1-5,8-9,14H,6-7,10-11H2,(H,20,21). The molecule has 3 rings (SSSR count). The zero-order valence-corrected chi connectivity index (χ0v) is 13.3. The molecule has 2 aromatic rings. The maximum Gasteiger partial charge on any atom is 0.335 e. The van der Waals surface area contributed by atoms with Crippen molar-refractivity contribution >= 4 is 23.2 Å². The lowest BCUT2D eigenvalue weighted by molar-refractivity contribution is -0.138. The Labute approximate surface area is 138 Å². The van der Waals surface area contributed by atoms with Crippen LogP contribution in [0.25, 0.3) is 0 Å². The zero-order valence-electron chi connectivity index (χ0n) is 12.5. The maximum atomic E-state index is 12.5. The second kappa shape index (κ2) is 6.93. The lowest BCUT2D eigenvalue weighted by Crippen LogP contribution is -2.42. The highest BCUT2D eigenvalue weighted by Crippen LogP contribution is 2.26. The molecule has 1 aromatic carbocycles. The van der Waals surface area contributed by atoms with E-state index >= 15 is 0 Å². The van der Waals surface area contributed by atoms with Crippen molar-refractivity contribution in [1.29, 1.82) is 0 Å². The Hall–Kier alpha value is -2.18. The number of nitrogens with zero attached hydrogens (tertiary/aromatic N) is 1. The number of benzene rings is 1. The number of hydrogen-bond donors (Lipinski definition) is 1. The van der Waals surface area contributed by atoms with Crippen LogP contribution in [0, 0.1) is 0 Å². The molecule has 2 heterocycles. The highest BCUT2D eigenvalue weighted by molar-refractivity contribution is 7.10. The fourth-order valence-electron chi connectivity index (χ4n) is 2.62. The molecule has 1 aromatic heterocycles. The minimum Gasteiger partial charge on any atom is -0.478 e. The van der Waals surface area contributed by atoms with Crippen molar-refractivity contribution < 1.29 is 19.4 Å². The number of morpholine rings is 1. The molecule has 0 bridgehead atoms. The highest BCUT2D eigenvalue weighted by atomic mass is 32.1. The Kier molecular flexibility index (Phi) is 4.73. The first-order valence-electron chi connectivity index (χ1n) is 7.38. The first-order chi connectivity index (χ1) is 11.1. The normalized spacial score (nSPS) is 17.9. The average molecular weight is 331 g/mol. The SMILES string of the molecule is O=C(O)c1cccc(CC(=O)N2CCOC(c3cccs3)C2)c1. The lowest BCUT2D eigenvalue weighted by atomic mass is 10.1. The molecular weight excluding hydrogens is 314 g/mol. The predicted molar refractivity (Wildman–Crippen MR) is 86.7 cm³/mol. The molecular formula is C17H17NO4S. The van der Waals surface area contributed by atoms with Gasteiger partial charge < -0.3 is 14.7 Å². The van der Waals surface area contributed by atoms with Gasteiger partial charge in [0.25, 0.3) is 0 Å². The lowest BCUT2D eigenvalue weighted by Gasteiger charge is -2.32. The molecule has 0 radical (unpaired) electrons. The summed E-state index contributed by atoms with van der Waals surface area (Å²) in [5.41, 5.74) is 0.919. The molecule has 120 valence electrons. The van der Waals surface area contributed by atoms with Crippen LogP contribution in [0.1, 0.15) is 26.9 Å². The van der Waals surface area contributed by atoms with Crippen LogP contribution in [0.2, 0.25) is 0 Å². The van der Waals surface area contributed by atoms with Gasteiger partial charge in [-0.05, 0) is 29.1 Å². The van der Waals surface area contributed by atoms with Gasteiger partial charge >= 0.3 is 5.97 Å². The number of ether oxygens (including phenoxy) is 1. The van der Waals surface area contributed by atoms with Crippen LogP contribution in [-0.2, 0) is 16.0 Å². The van der Waals surface area contributed by atoms with Crippen molar-refractivity contribution in [3.05, 3.63) is 57.8 Å². The number of carbonyl (C=O) groups excluding carboxylic acids is 1. The van der Waals surface area contributed by atoms with Gasteiger partial charge in [-0.1, -0.05) is 18.2 Å². The molecule has 1 aliphatic rings. The number of carboxylic acid groups (broad SMARTS) is 1. The smallest absolute Gasteiger partial charge is 0.335 e. The minimum absolute atomic E-state index is 0.00241. The topological polar surface area (TPSA) is 66.8 Å². The molecule has 6 heteroatoms. The van der Waals surface area contributed by atoms with Crippen LogP contribution in [0.15, 0.2) is 41.8 Å². The van der Waals surface area contributed by atoms with Gasteiger partial charge in [0.15, 0.2) is 0 Å². The molecule has 1 unspecified atom stereocenters. The van der Waals surface area contributed by atoms with E-state index in [1.54, 1.807) is 34.4 Å². The van der Waals surface area contributed by atoms with Gasteiger partial charge in [0, 0.05) is 11.4 Å². The fraction of sp³-hybridized carbons (Fsp3) is 0.294. The second-order valence-electron chi connectivity index (χ2n) is 5.40. The summed E-state index contributed by atoms with van der Waals surface area (Å²) in [7, 11) is 0. The number of carbonyl (C=O) groups is 2. The van der Waals surface area contributed by atoms with E-state index in [0.717, 1.165) is 4.88 Å². The maximum absolute atomic E-state index is 12.5. The Morgan fingerprint density at radius 1 is 1.30 bits per heavy atom. The number of rotatable bonds is 4. The third kappa shape index (κ3) is 3.78. The molecule has 1 N–H and O–H groups in total. The first kappa shape index (κ1) is 15.7. The summed E-state index contributed by atoms with van der Waals surface area (Å²) in [6.07, 6.45) is 0.135. The van der Waals surface area contributed by atoms with E-state index in [9.17, 15) is 9.59 Å². The Morgan fingerprint density at radius 2 is 2.17 bits per heavy atom. The molecule has 0 aliphatic carbocycles. The first-order valence-corrected chi connectivity index (χ1v) is 8.26. The summed E-state index contributed by atoms with van der Waals surface area (Å²) < 4.78 is 5.74. The van der Waals surface area contributed by atoms with Crippen molar-refractivity contribution in [2.24, 2.45) is 0 Å². The van der Waals surface area contributed by atoms with Crippen molar-refractivity contribution in [1.82, 2.24) is 4.90 Å². The van der Waals surface area contributed by atoms with Crippen LogP contribution in [0.4, 0.5) is 0 Å². The molecule has 0 spiro atoms. The van der Waals surface area contributed by atoms with Gasteiger partial charge in [0.05, 0.1) is 25.1 Å². The summed E-state index contributed by atoms with van der Waals surface area (Å²) in [6, 6.07) is 10.5. The zero-order chi connectivity index (χ0) is 16.2. The van der Waals surface area contributed by atoms with Gasteiger partial charge in [0.2, 0.25) is 5.91 Å². The summed E-state index contributed by atoms with van der Waals surface area (Å²) in [6.45, 7) is 1.63. The third-order valence-electron chi connectivity index (χ3n) is 3.81. The molecule has 1 aliphatic heterocycles. The van der Waals surface area contributed by atoms with Gasteiger partial charge in [-0.3, -0.25) is 4.79 Å². The van der Waals surface area contributed by atoms with Gasteiger partial charge in [-0.25, -0.2) is 4.79 Å². The molecule has 23 heavy (non-hydrogen) atoms. The van der Waals surface area contributed by atoms with Gasteiger partial charge in [0.1, 0.15) is 6.10 Å². The van der Waals surface area contributed by atoms with Gasteiger partial charge in [-0.2, -0.15) is 0 Å². The molecule has 1 fully saturated rings. The molecule has 1 saturated heterocycles. The van der Waals surface area contributed by atoms with E-state index in [1.165, 1.54) is 6.07 Å². The summed E-state index contributed by atoms with van der Waals surface area (Å²) >= 11 is 1.62.